The highest BCUT2D eigenvalue weighted by Gasteiger charge is 2.44. The molecule has 0 bridgehead atoms. The average molecular weight is 1030 g/mol. The van der Waals surface area contributed by atoms with Crippen molar-refractivity contribution in [3.8, 4) is 0 Å². The third-order valence-electron chi connectivity index (χ3n) is 15.3. The van der Waals surface area contributed by atoms with Crippen LogP contribution in [0.1, 0.15) is 309 Å². The molecule has 0 aromatic rings. The molecule has 9 heteroatoms. The van der Waals surface area contributed by atoms with Gasteiger partial charge in [0.15, 0.2) is 6.29 Å². The molecule has 0 spiro atoms. The Morgan fingerprint density at radius 3 is 1.15 bits per heavy atom. The highest BCUT2D eigenvalue weighted by Crippen LogP contribution is 2.23. The second-order valence-corrected chi connectivity index (χ2v) is 22.2. The highest BCUT2D eigenvalue weighted by molar-refractivity contribution is 5.76. The predicted molar refractivity (Wildman–Crippen MR) is 309 cm³/mol. The lowest BCUT2D eigenvalue weighted by Gasteiger charge is -2.40. The molecule has 0 radical (unpaired) electrons. The maximum absolute atomic E-state index is 13.0. The first-order chi connectivity index (χ1) is 35.8. The summed E-state index contributed by atoms with van der Waals surface area (Å²) in [6, 6.07) is -0.824. The van der Waals surface area contributed by atoms with Crippen molar-refractivity contribution in [1.82, 2.24) is 5.32 Å². The topological polar surface area (TPSA) is 149 Å². The Bertz CT molecular complexity index is 1240. The number of aliphatic hydroxyl groups excluding tert-OH is 5. The van der Waals surface area contributed by atoms with Crippen molar-refractivity contribution in [1.29, 1.82) is 0 Å². The molecule has 1 heterocycles. The zero-order valence-corrected chi connectivity index (χ0v) is 47.9. The van der Waals surface area contributed by atoms with E-state index in [-0.39, 0.29) is 12.5 Å². The second kappa shape index (κ2) is 53.8. The van der Waals surface area contributed by atoms with E-state index in [9.17, 15) is 30.3 Å². The molecule has 9 nitrogen and oxygen atoms in total. The van der Waals surface area contributed by atoms with Gasteiger partial charge in [-0.3, -0.25) is 4.79 Å². The van der Waals surface area contributed by atoms with Crippen LogP contribution in [0.4, 0.5) is 0 Å². The van der Waals surface area contributed by atoms with Crippen LogP contribution < -0.4 is 5.32 Å². The molecule has 1 aliphatic heterocycles. The van der Waals surface area contributed by atoms with Crippen molar-refractivity contribution in [3.05, 3.63) is 36.5 Å². The summed E-state index contributed by atoms with van der Waals surface area (Å²) in [5.41, 5.74) is 0. The Kier molecular flexibility index (Phi) is 51.2. The van der Waals surface area contributed by atoms with E-state index < -0.39 is 49.5 Å². The fourth-order valence-corrected chi connectivity index (χ4v) is 10.3. The number of hydrogen-bond donors (Lipinski definition) is 6. The Hall–Kier alpha value is -1.59. The molecule has 73 heavy (non-hydrogen) atoms. The molecule has 1 amide bonds. The number of carbonyl (C=O) groups is 1. The van der Waals surface area contributed by atoms with Gasteiger partial charge in [-0.2, -0.15) is 0 Å². The van der Waals surface area contributed by atoms with E-state index in [1.54, 1.807) is 6.08 Å². The first-order valence-corrected chi connectivity index (χ1v) is 31.7. The molecule has 1 rings (SSSR count). The van der Waals surface area contributed by atoms with Crippen LogP contribution in [-0.4, -0.2) is 87.5 Å². The van der Waals surface area contributed by atoms with Crippen molar-refractivity contribution in [3.63, 3.8) is 0 Å². The Balaban J connectivity index is 1.95. The lowest BCUT2D eigenvalue weighted by molar-refractivity contribution is -0.302. The summed E-state index contributed by atoms with van der Waals surface area (Å²) in [7, 11) is 0. The van der Waals surface area contributed by atoms with Gasteiger partial charge in [0.2, 0.25) is 5.91 Å². The number of ether oxygens (including phenoxy) is 2. The van der Waals surface area contributed by atoms with Gasteiger partial charge < -0.3 is 40.3 Å². The standard InChI is InChI=1S/C64H121NO8/c1-3-5-7-9-11-13-14-15-16-17-18-19-20-21-22-23-24-25-26-27-28-29-30-31-32-33-34-35-36-37-38-39-40-41-42-43-44-46-48-50-52-54-60(68)65-57(58(67)53-51-49-47-45-12-10-8-6-4-2)56-72-64-63(71)62(70)61(69)59(55-66)73-64/h4,6,12,45,51,53,57-59,61-64,66-67,69-71H,3,5,7-11,13-44,46-50,52,54-56H2,1-2H3,(H,65,68)/b6-4+,45-12+,53-51+. The van der Waals surface area contributed by atoms with E-state index in [1.165, 1.54) is 244 Å². The first-order valence-electron chi connectivity index (χ1n) is 31.7. The number of allylic oxidation sites excluding steroid dienone is 5. The maximum Gasteiger partial charge on any atom is 0.220 e. The fraction of sp³-hybridized carbons (Fsp3) is 0.891. The summed E-state index contributed by atoms with van der Waals surface area (Å²) >= 11 is 0. The van der Waals surface area contributed by atoms with E-state index >= 15 is 0 Å². The quantitative estimate of drug-likeness (QED) is 0.0261. The number of carbonyl (C=O) groups excluding carboxylic acids is 1. The third-order valence-corrected chi connectivity index (χ3v) is 15.3. The molecule has 430 valence electrons. The molecule has 7 atom stereocenters. The van der Waals surface area contributed by atoms with Crippen LogP contribution in [-0.2, 0) is 14.3 Å². The summed E-state index contributed by atoms with van der Waals surface area (Å²) in [6.07, 6.45) is 64.6. The van der Waals surface area contributed by atoms with Gasteiger partial charge in [-0.1, -0.05) is 300 Å². The van der Waals surface area contributed by atoms with Gasteiger partial charge in [0, 0.05) is 6.42 Å². The van der Waals surface area contributed by atoms with Gasteiger partial charge in [-0.25, -0.2) is 0 Å². The van der Waals surface area contributed by atoms with Crippen LogP contribution in [0.15, 0.2) is 36.5 Å². The van der Waals surface area contributed by atoms with Gasteiger partial charge in [0.1, 0.15) is 24.4 Å². The minimum atomic E-state index is -1.57. The Morgan fingerprint density at radius 2 is 0.808 bits per heavy atom. The van der Waals surface area contributed by atoms with Crippen molar-refractivity contribution >= 4 is 5.91 Å². The van der Waals surface area contributed by atoms with E-state index in [2.05, 4.69) is 30.5 Å². The molecule has 7 unspecified atom stereocenters. The van der Waals surface area contributed by atoms with Gasteiger partial charge in [0.05, 0.1) is 25.4 Å². The van der Waals surface area contributed by atoms with Gasteiger partial charge >= 0.3 is 0 Å². The second-order valence-electron chi connectivity index (χ2n) is 22.2. The predicted octanol–water partition coefficient (Wildman–Crippen LogP) is 16.3. The lowest BCUT2D eigenvalue weighted by atomic mass is 9.99. The summed E-state index contributed by atoms with van der Waals surface area (Å²) < 4.78 is 11.2. The number of nitrogens with one attached hydrogen (secondary N) is 1. The first kappa shape index (κ1) is 69.4. The summed E-state index contributed by atoms with van der Waals surface area (Å²) in [4.78, 5) is 13.0. The molecule has 0 aromatic carbocycles. The van der Waals surface area contributed by atoms with Crippen LogP contribution in [0.25, 0.3) is 0 Å². The van der Waals surface area contributed by atoms with Crippen molar-refractivity contribution in [2.24, 2.45) is 0 Å². The van der Waals surface area contributed by atoms with Crippen molar-refractivity contribution in [2.75, 3.05) is 13.2 Å². The number of unbranched alkanes of at least 4 members (excludes halogenated alkanes) is 42. The Morgan fingerprint density at radius 1 is 0.479 bits per heavy atom. The monoisotopic (exact) mass is 1030 g/mol. The molecule has 1 fully saturated rings. The Labute approximate surface area is 451 Å². The molecule has 0 aliphatic carbocycles. The molecule has 0 saturated carbocycles. The number of rotatable bonds is 55. The molecule has 6 N–H and O–H groups in total. The number of aliphatic hydroxyl groups is 5. The maximum atomic E-state index is 13.0. The van der Waals surface area contributed by atoms with E-state index in [0.717, 1.165) is 44.9 Å². The smallest absolute Gasteiger partial charge is 0.220 e. The van der Waals surface area contributed by atoms with Gasteiger partial charge in [-0.15, -0.1) is 0 Å². The van der Waals surface area contributed by atoms with Gasteiger partial charge in [-0.05, 0) is 39.0 Å². The van der Waals surface area contributed by atoms with Crippen LogP contribution in [0, 0.1) is 0 Å². The van der Waals surface area contributed by atoms with Crippen LogP contribution >= 0.6 is 0 Å². The number of amides is 1. The highest BCUT2D eigenvalue weighted by atomic mass is 16.7. The molecule has 1 saturated heterocycles. The summed E-state index contributed by atoms with van der Waals surface area (Å²) in [5.74, 6) is -0.189. The van der Waals surface area contributed by atoms with E-state index in [0.29, 0.717) is 6.42 Å². The molecular formula is C64H121NO8. The molecule has 0 aromatic heterocycles. The zero-order valence-electron chi connectivity index (χ0n) is 47.9. The summed E-state index contributed by atoms with van der Waals surface area (Å²) in [6.45, 7) is 3.54. The third kappa shape index (κ3) is 43.1. The molecular weight excluding hydrogens is 911 g/mol. The minimum Gasteiger partial charge on any atom is -0.394 e. The fourth-order valence-electron chi connectivity index (χ4n) is 10.3. The van der Waals surface area contributed by atoms with Crippen LogP contribution in [0.3, 0.4) is 0 Å². The van der Waals surface area contributed by atoms with E-state index in [4.69, 9.17) is 9.47 Å². The average Bonchev–Trinajstić information content (AvgIpc) is 3.39. The largest absolute Gasteiger partial charge is 0.394 e. The number of hydrogen-bond acceptors (Lipinski definition) is 8. The normalized spacial score (nSPS) is 19.2. The SMILES string of the molecule is C/C=C/CC/C=C/CC/C=C/C(O)C(COC1OC(CO)C(O)C(O)C1O)NC(=O)CCCCCCCCCCCCCCCCCCCCCCCCCCCCCCCCCCCCCCCCCCC. The van der Waals surface area contributed by atoms with Crippen LogP contribution in [0.2, 0.25) is 0 Å². The summed E-state index contributed by atoms with van der Waals surface area (Å²) in [5, 5.41) is 54.2. The van der Waals surface area contributed by atoms with Gasteiger partial charge in [0.25, 0.3) is 0 Å². The molecule has 1 aliphatic rings. The van der Waals surface area contributed by atoms with Crippen molar-refractivity contribution < 1.29 is 39.8 Å². The van der Waals surface area contributed by atoms with E-state index in [1.807, 2.05) is 19.1 Å². The van der Waals surface area contributed by atoms with Crippen LogP contribution in [0.5, 0.6) is 0 Å². The zero-order chi connectivity index (χ0) is 52.9. The van der Waals surface area contributed by atoms with Crippen molar-refractivity contribution in [2.45, 2.75) is 352 Å². The minimum absolute atomic E-state index is 0.189. The lowest BCUT2D eigenvalue weighted by Crippen LogP contribution is -2.60.